The van der Waals surface area contributed by atoms with Gasteiger partial charge >= 0.3 is 0 Å². The van der Waals surface area contributed by atoms with Crippen LogP contribution in [-0.4, -0.2) is 19.5 Å². The molecule has 288 valence electrons. The number of benzene rings is 9. The molecule has 0 saturated heterocycles. The molecule has 0 aliphatic heterocycles. The van der Waals surface area contributed by atoms with Crippen LogP contribution in [0.1, 0.15) is 22.3 Å². The maximum atomic E-state index is 5.20. The third-order valence-corrected chi connectivity index (χ3v) is 13.1. The van der Waals surface area contributed by atoms with Crippen LogP contribution in [0.3, 0.4) is 0 Å². The van der Waals surface area contributed by atoms with Crippen LogP contribution in [0.15, 0.2) is 218 Å². The van der Waals surface area contributed by atoms with E-state index in [1.807, 2.05) is 24.3 Å². The number of hydrogen-bond donors (Lipinski definition) is 0. The lowest BCUT2D eigenvalue weighted by atomic mass is 9.70. The molecule has 1 spiro atoms. The number of nitrogens with zero attached hydrogens (tertiary/aromatic N) is 4. The van der Waals surface area contributed by atoms with Gasteiger partial charge in [-0.3, -0.25) is 0 Å². The molecule has 2 aromatic heterocycles. The lowest BCUT2D eigenvalue weighted by molar-refractivity contribution is 0.794. The average molecular weight is 789 g/mol. The van der Waals surface area contributed by atoms with E-state index in [4.69, 9.17) is 15.0 Å². The fourth-order valence-electron chi connectivity index (χ4n) is 10.5. The first-order valence-electron chi connectivity index (χ1n) is 21.2. The van der Waals surface area contributed by atoms with Crippen LogP contribution in [0.25, 0.3) is 95.0 Å². The highest BCUT2D eigenvalue weighted by atomic mass is 15.0. The summed E-state index contributed by atoms with van der Waals surface area (Å²) in [7, 11) is 0. The van der Waals surface area contributed by atoms with Crippen molar-refractivity contribution in [2.45, 2.75) is 5.41 Å². The van der Waals surface area contributed by atoms with Crippen molar-refractivity contribution < 1.29 is 0 Å². The zero-order valence-electron chi connectivity index (χ0n) is 33.6. The standard InChI is InChI=1S/C58H36N4/c1-3-16-37(17-4-1)38-30-32-40(33-31-38)56-59-55(39-18-5-2-6-19-39)60-57(61-56)41-20-15-21-42(36-41)62-52-29-14-10-24-45(52)46-34-35-51-53(54(46)62)47-25-9-13-28-50(47)58(51)48-26-11-7-22-43(48)44-23-8-12-27-49(44)58/h1-36H. The Morgan fingerprint density at radius 2 is 0.806 bits per heavy atom. The molecule has 2 heterocycles. The van der Waals surface area contributed by atoms with E-state index < -0.39 is 5.41 Å². The van der Waals surface area contributed by atoms with E-state index >= 15 is 0 Å². The Balaban J connectivity index is 1.04. The zero-order chi connectivity index (χ0) is 40.8. The number of aromatic nitrogens is 4. The van der Waals surface area contributed by atoms with Crippen LogP contribution in [0.4, 0.5) is 0 Å². The molecule has 0 amide bonds. The summed E-state index contributed by atoms with van der Waals surface area (Å²) in [5.74, 6) is 1.89. The second-order valence-electron chi connectivity index (χ2n) is 16.3. The Morgan fingerprint density at radius 3 is 1.48 bits per heavy atom. The third-order valence-electron chi connectivity index (χ3n) is 13.1. The maximum absolute atomic E-state index is 5.20. The summed E-state index contributed by atoms with van der Waals surface area (Å²) < 4.78 is 2.47. The Bertz CT molecular complexity index is 3520. The van der Waals surface area contributed by atoms with Crippen LogP contribution >= 0.6 is 0 Å². The molecule has 0 saturated carbocycles. The van der Waals surface area contributed by atoms with E-state index in [0.717, 1.165) is 33.5 Å². The molecule has 4 heteroatoms. The topological polar surface area (TPSA) is 43.6 Å². The lowest BCUT2D eigenvalue weighted by Gasteiger charge is -2.30. The first-order valence-corrected chi connectivity index (χ1v) is 21.2. The summed E-state index contributed by atoms with van der Waals surface area (Å²) in [4.78, 5) is 15.4. The summed E-state index contributed by atoms with van der Waals surface area (Å²) in [6.07, 6.45) is 0. The van der Waals surface area contributed by atoms with Gasteiger partial charge in [0.1, 0.15) is 0 Å². The van der Waals surface area contributed by atoms with Gasteiger partial charge in [0.05, 0.1) is 16.4 Å². The van der Waals surface area contributed by atoms with Crippen molar-refractivity contribution in [3.8, 4) is 73.2 Å². The van der Waals surface area contributed by atoms with Crippen molar-refractivity contribution in [3.05, 3.63) is 241 Å². The van der Waals surface area contributed by atoms with E-state index in [0.29, 0.717) is 17.5 Å². The van der Waals surface area contributed by atoms with Crippen LogP contribution < -0.4 is 0 Å². The van der Waals surface area contributed by atoms with Crippen molar-refractivity contribution in [2.24, 2.45) is 0 Å². The normalized spacial score (nSPS) is 13.0. The lowest BCUT2D eigenvalue weighted by Crippen LogP contribution is -2.25. The molecule has 2 aliphatic rings. The van der Waals surface area contributed by atoms with Crippen LogP contribution in [0.2, 0.25) is 0 Å². The first kappa shape index (κ1) is 34.6. The summed E-state index contributed by atoms with van der Waals surface area (Å²) in [6.45, 7) is 0. The smallest absolute Gasteiger partial charge is 0.164 e. The summed E-state index contributed by atoms with van der Waals surface area (Å²) in [5.41, 5.74) is 18.5. The minimum absolute atomic E-state index is 0.440. The van der Waals surface area contributed by atoms with Crippen molar-refractivity contribution in [1.29, 1.82) is 0 Å². The van der Waals surface area contributed by atoms with Gasteiger partial charge in [-0.25, -0.2) is 15.0 Å². The molecule has 13 rings (SSSR count). The molecule has 2 aliphatic carbocycles. The summed E-state index contributed by atoms with van der Waals surface area (Å²) in [5, 5.41) is 2.44. The SMILES string of the molecule is c1ccc(-c2ccc(-c3nc(-c4ccccc4)nc(-c4cccc(-n5c6ccccc6c6ccc7c(c65)-c5ccccc5C75c6ccccc6-c6ccccc65)c4)n3)cc2)cc1. The highest BCUT2D eigenvalue weighted by Crippen LogP contribution is 2.64. The number of rotatable bonds is 5. The zero-order valence-corrected chi connectivity index (χ0v) is 33.6. The van der Waals surface area contributed by atoms with Crippen LogP contribution in [-0.2, 0) is 5.41 Å². The molecular formula is C58H36N4. The molecule has 9 aromatic carbocycles. The van der Waals surface area contributed by atoms with Gasteiger partial charge < -0.3 is 4.57 Å². The van der Waals surface area contributed by atoms with Crippen LogP contribution in [0, 0.1) is 0 Å². The van der Waals surface area contributed by atoms with Crippen molar-refractivity contribution >= 4 is 21.8 Å². The van der Waals surface area contributed by atoms with E-state index in [1.54, 1.807) is 0 Å². The van der Waals surface area contributed by atoms with Gasteiger partial charge in [0.15, 0.2) is 17.5 Å². The van der Waals surface area contributed by atoms with Crippen molar-refractivity contribution in [3.63, 3.8) is 0 Å². The molecule has 4 nitrogen and oxygen atoms in total. The van der Waals surface area contributed by atoms with Gasteiger partial charge in [-0.1, -0.05) is 200 Å². The third kappa shape index (κ3) is 4.92. The molecule has 0 atom stereocenters. The van der Waals surface area contributed by atoms with Gasteiger partial charge in [0, 0.05) is 38.7 Å². The fourth-order valence-corrected chi connectivity index (χ4v) is 10.5. The molecule has 0 unspecified atom stereocenters. The Hall–Kier alpha value is -8.21. The predicted octanol–water partition coefficient (Wildman–Crippen LogP) is 14.0. The predicted molar refractivity (Wildman–Crippen MR) is 252 cm³/mol. The molecule has 0 N–H and O–H groups in total. The van der Waals surface area contributed by atoms with Crippen LogP contribution in [0.5, 0.6) is 0 Å². The molecule has 0 bridgehead atoms. The van der Waals surface area contributed by atoms with Crippen molar-refractivity contribution in [1.82, 2.24) is 19.5 Å². The highest BCUT2D eigenvalue weighted by Gasteiger charge is 2.52. The fraction of sp³-hybridized carbons (Fsp3) is 0.0172. The van der Waals surface area contributed by atoms with E-state index in [-0.39, 0.29) is 0 Å². The quantitative estimate of drug-likeness (QED) is 0.174. The molecular weight excluding hydrogens is 753 g/mol. The minimum atomic E-state index is -0.440. The average Bonchev–Trinajstić information content (AvgIpc) is 3.96. The Kier molecular flexibility index (Phi) is 7.49. The van der Waals surface area contributed by atoms with E-state index in [1.165, 1.54) is 66.4 Å². The largest absolute Gasteiger partial charge is 0.309 e. The Morgan fingerprint density at radius 1 is 0.323 bits per heavy atom. The van der Waals surface area contributed by atoms with Crippen molar-refractivity contribution in [2.75, 3.05) is 0 Å². The summed E-state index contributed by atoms with van der Waals surface area (Å²) in [6, 6.07) is 78.5. The molecule has 0 fully saturated rings. The second-order valence-corrected chi connectivity index (χ2v) is 16.3. The second kappa shape index (κ2) is 13.4. The summed E-state index contributed by atoms with van der Waals surface area (Å²) >= 11 is 0. The van der Waals surface area contributed by atoms with Gasteiger partial charge in [0.25, 0.3) is 0 Å². The molecule has 11 aromatic rings. The maximum Gasteiger partial charge on any atom is 0.164 e. The minimum Gasteiger partial charge on any atom is -0.309 e. The first-order chi connectivity index (χ1) is 30.8. The van der Waals surface area contributed by atoms with Gasteiger partial charge in [-0.2, -0.15) is 0 Å². The molecule has 0 radical (unpaired) electrons. The van der Waals surface area contributed by atoms with Gasteiger partial charge in [-0.15, -0.1) is 0 Å². The van der Waals surface area contributed by atoms with Gasteiger partial charge in [-0.05, 0) is 68.3 Å². The van der Waals surface area contributed by atoms with E-state index in [2.05, 4.69) is 199 Å². The molecule has 62 heavy (non-hydrogen) atoms. The number of hydrogen-bond acceptors (Lipinski definition) is 3. The van der Waals surface area contributed by atoms with Gasteiger partial charge in [0.2, 0.25) is 0 Å². The highest BCUT2D eigenvalue weighted by molar-refractivity contribution is 6.16. The number of fused-ring (bicyclic) bond motifs is 14. The number of para-hydroxylation sites is 1. The van der Waals surface area contributed by atoms with E-state index in [9.17, 15) is 0 Å². The monoisotopic (exact) mass is 788 g/mol. The Labute approximate surface area is 359 Å².